The molecule has 0 atom stereocenters. The second-order valence-corrected chi connectivity index (χ2v) is 7.99. The van der Waals surface area contributed by atoms with Gasteiger partial charge in [0.05, 0.1) is 30.9 Å². The predicted octanol–water partition coefficient (Wildman–Crippen LogP) is 0.646. The van der Waals surface area contributed by atoms with Crippen molar-refractivity contribution in [2.24, 2.45) is 0 Å². The van der Waals surface area contributed by atoms with E-state index in [1.807, 2.05) is 10.6 Å². The molecule has 11 heteroatoms. The number of methoxy groups -OCH3 is 1. The lowest BCUT2D eigenvalue weighted by molar-refractivity contribution is 0.0366. The van der Waals surface area contributed by atoms with E-state index in [1.165, 1.54) is 0 Å². The average Bonchev–Trinajstić information content (AvgIpc) is 3.10. The van der Waals surface area contributed by atoms with Crippen LogP contribution >= 0.6 is 0 Å². The van der Waals surface area contributed by atoms with Crippen molar-refractivity contribution >= 4 is 33.9 Å². The number of hydrogen-bond donors (Lipinski definition) is 2. The zero-order chi connectivity index (χ0) is 22.8. The van der Waals surface area contributed by atoms with E-state index in [9.17, 15) is 4.79 Å². The molecule has 2 aliphatic rings. The zero-order valence-corrected chi connectivity index (χ0v) is 18.6. The fraction of sp³-hybridized carbons (Fsp3) is 0.500. The van der Waals surface area contributed by atoms with Crippen molar-refractivity contribution in [2.45, 2.75) is 6.54 Å². The lowest BCUT2D eigenvalue weighted by Crippen LogP contribution is -2.38. The van der Waals surface area contributed by atoms with E-state index in [-0.39, 0.29) is 5.91 Å². The second kappa shape index (κ2) is 9.38. The van der Waals surface area contributed by atoms with Crippen LogP contribution in [0.15, 0.2) is 12.1 Å². The average molecular weight is 457 g/mol. The number of nitrogens with zero attached hydrogens (tertiary/aromatic N) is 4. The molecule has 1 amide bonds. The number of anilines is 1. The molecule has 1 saturated heterocycles. The first-order valence-electron chi connectivity index (χ1n) is 11.1. The van der Waals surface area contributed by atoms with Gasteiger partial charge in [0, 0.05) is 52.0 Å². The summed E-state index contributed by atoms with van der Waals surface area (Å²) in [5.41, 5.74) is 9.15. The highest BCUT2D eigenvalue weighted by Crippen LogP contribution is 2.35. The molecule has 3 N–H and O–H groups in total. The van der Waals surface area contributed by atoms with Crippen molar-refractivity contribution < 1.29 is 23.7 Å². The molecule has 0 bridgehead atoms. The number of hydrogen-bond acceptors (Lipinski definition) is 9. The van der Waals surface area contributed by atoms with Gasteiger partial charge in [-0.15, -0.1) is 0 Å². The van der Waals surface area contributed by atoms with E-state index in [0.717, 1.165) is 19.6 Å². The Kier molecular flexibility index (Phi) is 6.16. The molecule has 2 aliphatic heterocycles. The third-order valence-corrected chi connectivity index (χ3v) is 5.91. The van der Waals surface area contributed by atoms with E-state index in [2.05, 4.69) is 10.2 Å². The number of fused-ring (bicyclic) bond motifs is 3. The third kappa shape index (κ3) is 4.26. The first-order chi connectivity index (χ1) is 16.2. The van der Waals surface area contributed by atoms with E-state index in [4.69, 9.17) is 34.6 Å². The van der Waals surface area contributed by atoms with Gasteiger partial charge in [-0.3, -0.25) is 9.69 Å². The van der Waals surface area contributed by atoms with Gasteiger partial charge in [0.15, 0.2) is 17.1 Å². The molecule has 1 fully saturated rings. The van der Waals surface area contributed by atoms with Crippen LogP contribution in [0, 0.1) is 0 Å². The Labute approximate surface area is 190 Å². The van der Waals surface area contributed by atoms with Gasteiger partial charge < -0.3 is 34.6 Å². The lowest BCUT2D eigenvalue weighted by Gasteiger charge is -2.26. The molecule has 3 aromatic rings. The lowest BCUT2D eigenvalue weighted by atomic mass is 10.2. The monoisotopic (exact) mass is 456 g/mol. The van der Waals surface area contributed by atoms with Crippen molar-refractivity contribution in [1.29, 1.82) is 0 Å². The summed E-state index contributed by atoms with van der Waals surface area (Å²) in [6.45, 7) is 6.24. The number of nitrogens with one attached hydrogen (secondary N) is 1. The topological polar surface area (TPSA) is 126 Å². The summed E-state index contributed by atoms with van der Waals surface area (Å²) in [6.07, 6.45) is 0. The maximum atomic E-state index is 13.0. The van der Waals surface area contributed by atoms with Crippen LogP contribution in [0.4, 0.5) is 5.82 Å². The van der Waals surface area contributed by atoms with Gasteiger partial charge in [-0.25, -0.2) is 9.97 Å². The van der Waals surface area contributed by atoms with Crippen LogP contribution in [0.1, 0.15) is 10.4 Å². The van der Waals surface area contributed by atoms with Crippen LogP contribution in [0.5, 0.6) is 11.5 Å². The van der Waals surface area contributed by atoms with Crippen molar-refractivity contribution in [3.63, 3.8) is 0 Å². The van der Waals surface area contributed by atoms with Gasteiger partial charge in [-0.2, -0.15) is 0 Å². The van der Waals surface area contributed by atoms with Crippen LogP contribution in [0.25, 0.3) is 22.2 Å². The molecule has 2 aromatic heterocycles. The van der Waals surface area contributed by atoms with Crippen molar-refractivity contribution in [2.75, 3.05) is 72.1 Å². The Bertz CT molecular complexity index is 1170. The van der Waals surface area contributed by atoms with Crippen molar-refractivity contribution in [3.05, 3.63) is 17.7 Å². The minimum atomic E-state index is -0.300. The van der Waals surface area contributed by atoms with Gasteiger partial charge in [0.1, 0.15) is 30.1 Å². The molecule has 0 spiro atoms. The van der Waals surface area contributed by atoms with E-state index in [0.29, 0.717) is 91.2 Å². The second-order valence-electron chi connectivity index (χ2n) is 7.99. The maximum absolute atomic E-state index is 13.0. The fourth-order valence-electron chi connectivity index (χ4n) is 4.18. The minimum Gasteiger partial charge on any atom is -0.486 e. The molecule has 0 saturated carbocycles. The van der Waals surface area contributed by atoms with Crippen LogP contribution in [-0.2, 0) is 16.0 Å². The van der Waals surface area contributed by atoms with Crippen molar-refractivity contribution in [1.82, 2.24) is 24.8 Å². The minimum absolute atomic E-state index is 0.300. The molecule has 11 nitrogen and oxygen atoms in total. The Morgan fingerprint density at radius 1 is 1.09 bits per heavy atom. The molecule has 176 valence electrons. The Hall–Kier alpha value is -3.15. The molecule has 1 aromatic carbocycles. The van der Waals surface area contributed by atoms with E-state index >= 15 is 0 Å². The molecule has 0 radical (unpaired) electrons. The van der Waals surface area contributed by atoms with Crippen molar-refractivity contribution in [3.8, 4) is 11.5 Å². The summed E-state index contributed by atoms with van der Waals surface area (Å²) in [4.78, 5) is 25.0. The SMILES string of the molecule is COCCNC(=O)c1c(N)n(CCN2CCOCC2)c2nc3cc4c(cc3nc12)OCCO4. The molecular formula is C22H28N6O5. The predicted molar refractivity (Wildman–Crippen MR) is 122 cm³/mol. The number of rotatable bonds is 7. The Balaban J connectivity index is 1.57. The standard InChI is InChI=1S/C22H28N6O5/c1-30-7-2-24-22(29)18-19-21(28(20(18)23)4-3-27-5-8-31-9-6-27)26-15-13-17-16(12-14(15)25-19)32-10-11-33-17/h12-13H,2-11,23H2,1H3,(H,24,29). The molecule has 0 unspecified atom stereocenters. The quantitative estimate of drug-likeness (QED) is 0.493. The van der Waals surface area contributed by atoms with Gasteiger partial charge in [-0.05, 0) is 0 Å². The Morgan fingerprint density at radius 2 is 1.79 bits per heavy atom. The summed E-state index contributed by atoms with van der Waals surface area (Å²) >= 11 is 0. The highest BCUT2D eigenvalue weighted by molar-refractivity contribution is 6.10. The smallest absolute Gasteiger partial charge is 0.257 e. The molecular weight excluding hydrogens is 428 g/mol. The summed E-state index contributed by atoms with van der Waals surface area (Å²) in [5, 5.41) is 2.85. The summed E-state index contributed by atoms with van der Waals surface area (Å²) < 4.78 is 23.8. The summed E-state index contributed by atoms with van der Waals surface area (Å²) in [6, 6.07) is 3.62. The van der Waals surface area contributed by atoms with Crippen LogP contribution in [-0.4, -0.2) is 91.7 Å². The zero-order valence-electron chi connectivity index (χ0n) is 18.6. The maximum Gasteiger partial charge on any atom is 0.257 e. The summed E-state index contributed by atoms with van der Waals surface area (Å²) in [5.74, 6) is 1.30. The molecule has 4 heterocycles. The fourth-order valence-corrected chi connectivity index (χ4v) is 4.18. The molecule has 5 rings (SSSR count). The number of nitrogen functional groups attached to an aromatic ring is 1. The number of carbonyl (C=O) groups is 1. The first-order valence-corrected chi connectivity index (χ1v) is 11.1. The molecule has 0 aliphatic carbocycles. The Morgan fingerprint density at radius 3 is 2.48 bits per heavy atom. The third-order valence-electron chi connectivity index (χ3n) is 5.91. The normalized spacial score (nSPS) is 16.4. The van der Waals surface area contributed by atoms with Gasteiger partial charge in [0.2, 0.25) is 0 Å². The van der Waals surface area contributed by atoms with Gasteiger partial charge >= 0.3 is 0 Å². The first kappa shape index (κ1) is 21.7. The van der Waals surface area contributed by atoms with E-state index < -0.39 is 0 Å². The number of ether oxygens (including phenoxy) is 4. The highest BCUT2D eigenvalue weighted by Gasteiger charge is 2.25. The van der Waals surface area contributed by atoms with Gasteiger partial charge in [0.25, 0.3) is 5.91 Å². The number of aromatic nitrogens is 3. The largest absolute Gasteiger partial charge is 0.486 e. The highest BCUT2D eigenvalue weighted by atomic mass is 16.6. The molecule has 33 heavy (non-hydrogen) atoms. The number of amides is 1. The summed E-state index contributed by atoms with van der Waals surface area (Å²) in [7, 11) is 1.59. The number of morpholine rings is 1. The van der Waals surface area contributed by atoms with E-state index in [1.54, 1.807) is 13.2 Å². The van der Waals surface area contributed by atoms with Crippen LogP contribution < -0.4 is 20.5 Å². The van der Waals surface area contributed by atoms with Gasteiger partial charge in [-0.1, -0.05) is 0 Å². The van der Waals surface area contributed by atoms with Crippen LogP contribution in [0.2, 0.25) is 0 Å². The number of carbonyl (C=O) groups excluding carboxylic acids is 1. The van der Waals surface area contributed by atoms with Crippen LogP contribution in [0.3, 0.4) is 0 Å². The number of nitrogens with two attached hydrogens (primary N) is 1. The number of benzene rings is 1.